The van der Waals surface area contributed by atoms with Gasteiger partial charge in [-0.2, -0.15) is 0 Å². The Hall–Kier alpha value is -2.52. The Morgan fingerprint density at radius 3 is 2.68 bits per heavy atom. The van der Waals surface area contributed by atoms with Gasteiger partial charge in [0.1, 0.15) is 17.4 Å². The molecule has 28 heavy (non-hydrogen) atoms. The predicted octanol–water partition coefficient (Wildman–Crippen LogP) is 2.39. The van der Waals surface area contributed by atoms with Crippen molar-refractivity contribution in [2.75, 3.05) is 13.7 Å². The molecule has 2 heterocycles. The molecule has 0 amide bonds. The number of primary sulfonamides is 1. The number of fused-ring (bicyclic) bond motifs is 2. The van der Waals surface area contributed by atoms with Crippen LogP contribution in [0.1, 0.15) is 18.4 Å². The average molecular weight is 407 g/mol. The van der Waals surface area contributed by atoms with Gasteiger partial charge in [-0.15, -0.1) is 0 Å². The fraction of sp³-hybridized carbons (Fsp3) is 0.316. The summed E-state index contributed by atoms with van der Waals surface area (Å²) in [5.41, 5.74) is 2.67. The van der Waals surface area contributed by atoms with Gasteiger partial charge in [-0.25, -0.2) is 22.3 Å². The van der Waals surface area contributed by atoms with E-state index in [-0.39, 0.29) is 18.2 Å². The number of nitrogens with two attached hydrogens (primary N) is 1. The highest BCUT2D eigenvalue weighted by molar-refractivity contribution is 7.89. The van der Waals surface area contributed by atoms with Crippen LogP contribution in [0.25, 0.3) is 0 Å². The minimum atomic E-state index is -4.19. The third-order valence-electron chi connectivity index (χ3n) is 5.13. The summed E-state index contributed by atoms with van der Waals surface area (Å²) < 4.78 is 57.2. The summed E-state index contributed by atoms with van der Waals surface area (Å²) in [4.78, 5) is 5.85. The van der Waals surface area contributed by atoms with Gasteiger partial charge in [0.05, 0.1) is 18.0 Å². The number of hydrogen-bond donors (Lipinski definition) is 1. The molecule has 0 fully saturated rings. The van der Waals surface area contributed by atoms with E-state index >= 15 is 0 Å². The molecule has 148 valence electrons. The maximum Gasteiger partial charge on any atom is 0.238 e. The van der Waals surface area contributed by atoms with E-state index in [2.05, 4.69) is 4.99 Å². The smallest absolute Gasteiger partial charge is 0.238 e. The monoisotopic (exact) mass is 407 g/mol. The highest BCUT2D eigenvalue weighted by Gasteiger charge is 2.33. The van der Waals surface area contributed by atoms with Gasteiger partial charge in [0.15, 0.2) is 0 Å². The van der Waals surface area contributed by atoms with Crippen molar-refractivity contribution >= 4 is 16.2 Å². The molecule has 6 nitrogen and oxygen atoms in total. The second-order valence-electron chi connectivity index (χ2n) is 6.91. The van der Waals surface area contributed by atoms with Crippen molar-refractivity contribution in [3.8, 4) is 0 Å². The summed E-state index contributed by atoms with van der Waals surface area (Å²) in [6.07, 6.45) is 7.26. The minimum absolute atomic E-state index is 0.0262. The van der Waals surface area contributed by atoms with Crippen molar-refractivity contribution in [2.24, 2.45) is 10.1 Å². The summed E-state index contributed by atoms with van der Waals surface area (Å²) in [6, 6.07) is 1.35. The third kappa shape index (κ3) is 3.24. The Morgan fingerprint density at radius 2 is 2.04 bits per heavy atom. The highest BCUT2D eigenvalue weighted by atomic mass is 32.2. The van der Waals surface area contributed by atoms with Gasteiger partial charge in [-0.1, -0.05) is 0 Å². The minimum Gasteiger partial charge on any atom is -0.497 e. The average Bonchev–Trinajstić information content (AvgIpc) is 3.07. The number of dihydropyridines is 1. The number of ether oxygens (including phenoxy) is 1. The van der Waals surface area contributed by atoms with Crippen molar-refractivity contribution in [1.82, 2.24) is 4.90 Å². The molecular formula is C19H19F2N3O3S. The molecule has 0 radical (unpaired) electrons. The van der Waals surface area contributed by atoms with Gasteiger partial charge in [0.2, 0.25) is 10.0 Å². The molecule has 0 aromatic heterocycles. The molecule has 2 aliphatic heterocycles. The SMILES string of the molecule is COC1=CC2N=CC3=C(C2=C1)N(Cc1c(F)cc(S(N)(=O)=O)cc1F)CCC3. The van der Waals surface area contributed by atoms with Crippen LogP contribution in [0.4, 0.5) is 8.78 Å². The molecule has 0 bridgehead atoms. The third-order valence-corrected chi connectivity index (χ3v) is 6.02. The Bertz CT molecular complexity index is 1050. The van der Waals surface area contributed by atoms with Crippen molar-refractivity contribution in [2.45, 2.75) is 30.3 Å². The first-order valence-electron chi connectivity index (χ1n) is 8.77. The zero-order valence-electron chi connectivity index (χ0n) is 15.2. The standard InChI is InChI=1S/C19H19F2N3O3S/c1-27-12-5-14-18(6-12)23-9-11-3-2-4-24(19(11)14)10-15-16(20)7-13(8-17(15)21)28(22,25)26/h5-9,18H,2-4,10H2,1H3,(H2,22,25,26). The van der Waals surface area contributed by atoms with Crippen molar-refractivity contribution in [3.63, 3.8) is 0 Å². The van der Waals surface area contributed by atoms with Crippen LogP contribution in [0, 0.1) is 11.6 Å². The normalized spacial score (nSPS) is 21.3. The second kappa shape index (κ2) is 6.82. The molecule has 0 spiro atoms. The molecule has 3 aliphatic rings. The number of benzene rings is 1. The Balaban J connectivity index is 1.70. The summed E-state index contributed by atoms with van der Waals surface area (Å²) in [7, 11) is -2.61. The first kappa shape index (κ1) is 18.8. The predicted molar refractivity (Wildman–Crippen MR) is 99.9 cm³/mol. The largest absolute Gasteiger partial charge is 0.497 e. The van der Waals surface area contributed by atoms with Crippen LogP contribution >= 0.6 is 0 Å². The van der Waals surface area contributed by atoms with E-state index in [4.69, 9.17) is 9.88 Å². The molecule has 1 atom stereocenters. The zero-order chi connectivity index (χ0) is 20.1. The van der Waals surface area contributed by atoms with Crippen molar-refractivity contribution in [1.29, 1.82) is 0 Å². The first-order chi connectivity index (χ1) is 13.3. The number of nitrogens with zero attached hydrogens (tertiary/aromatic N) is 2. The molecule has 0 saturated carbocycles. The Kier molecular flexibility index (Phi) is 4.59. The van der Waals surface area contributed by atoms with E-state index in [9.17, 15) is 17.2 Å². The summed E-state index contributed by atoms with van der Waals surface area (Å²) in [5, 5.41) is 4.98. The lowest BCUT2D eigenvalue weighted by Gasteiger charge is -2.36. The van der Waals surface area contributed by atoms with Gasteiger partial charge >= 0.3 is 0 Å². The van der Waals surface area contributed by atoms with Crippen LogP contribution < -0.4 is 5.14 Å². The first-order valence-corrected chi connectivity index (χ1v) is 10.3. The van der Waals surface area contributed by atoms with Gasteiger partial charge in [0, 0.05) is 36.1 Å². The van der Waals surface area contributed by atoms with Gasteiger partial charge in [0.25, 0.3) is 0 Å². The summed E-state index contributed by atoms with van der Waals surface area (Å²) in [5.74, 6) is -1.17. The molecule has 9 heteroatoms. The second-order valence-corrected chi connectivity index (χ2v) is 8.47. The number of halogens is 2. The number of allylic oxidation sites excluding steroid dienone is 2. The fourth-order valence-corrected chi connectivity index (χ4v) is 4.33. The maximum atomic E-state index is 14.5. The Morgan fingerprint density at radius 1 is 1.32 bits per heavy atom. The van der Waals surface area contributed by atoms with Gasteiger partial charge in [-0.3, -0.25) is 4.99 Å². The lowest BCUT2D eigenvalue weighted by atomic mass is 9.92. The number of hydrogen-bond acceptors (Lipinski definition) is 5. The van der Waals surface area contributed by atoms with E-state index < -0.39 is 26.6 Å². The van der Waals surface area contributed by atoms with E-state index in [1.54, 1.807) is 7.11 Å². The number of methoxy groups -OCH3 is 1. The molecule has 0 saturated heterocycles. The van der Waals surface area contributed by atoms with Crippen LogP contribution in [0.15, 0.2) is 56.8 Å². The topological polar surface area (TPSA) is 85.0 Å². The lowest BCUT2D eigenvalue weighted by Crippen LogP contribution is -2.34. The number of aliphatic imine (C=N–C) groups is 1. The van der Waals surface area contributed by atoms with Crippen LogP contribution in [0.3, 0.4) is 0 Å². The summed E-state index contributed by atoms with van der Waals surface area (Å²) >= 11 is 0. The van der Waals surface area contributed by atoms with E-state index in [0.717, 1.165) is 41.8 Å². The van der Waals surface area contributed by atoms with Crippen molar-refractivity contribution < 1.29 is 21.9 Å². The molecule has 1 unspecified atom stereocenters. The van der Waals surface area contributed by atoms with Crippen LogP contribution in [-0.2, 0) is 21.3 Å². The zero-order valence-corrected chi connectivity index (χ0v) is 16.0. The Labute approximate surface area is 161 Å². The molecule has 2 N–H and O–H groups in total. The van der Waals surface area contributed by atoms with E-state index in [0.29, 0.717) is 12.3 Å². The molecule has 1 aliphatic carbocycles. The van der Waals surface area contributed by atoms with Crippen LogP contribution in [0.5, 0.6) is 0 Å². The van der Waals surface area contributed by atoms with E-state index in [1.807, 2.05) is 23.3 Å². The highest BCUT2D eigenvalue weighted by Crippen LogP contribution is 2.38. The fourth-order valence-electron chi connectivity index (χ4n) is 3.79. The molecule has 1 aromatic rings. The summed E-state index contributed by atoms with van der Waals surface area (Å²) in [6.45, 7) is 0.594. The maximum absolute atomic E-state index is 14.5. The molecular weight excluding hydrogens is 388 g/mol. The quantitative estimate of drug-likeness (QED) is 0.831. The lowest BCUT2D eigenvalue weighted by molar-refractivity contribution is 0.303. The van der Waals surface area contributed by atoms with Crippen LogP contribution in [-0.4, -0.2) is 39.2 Å². The molecule has 4 rings (SSSR count). The van der Waals surface area contributed by atoms with Gasteiger partial charge in [-0.05, 0) is 42.7 Å². The number of rotatable bonds is 4. The number of sulfonamides is 1. The van der Waals surface area contributed by atoms with Gasteiger partial charge < -0.3 is 9.64 Å². The molecule has 1 aromatic carbocycles. The van der Waals surface area contributed by atoms with E-state index in [1.165, 1.54) is 0 Å². The van der Waals surface area contributed by atoms with Crippen LogP contribution in [0.2, 0.25) is 0 Å². The van der Waals surface area contributed by atoms with Crippen molar-refractivity contribution in [3.05, 3.63) is 64.1 Å².